The number of hydrogen-bond donors (Lipinski definition) is 2. The number of aliphatic carboxylic acids is 1. The summed E-state index contributed by atoms with van der Waals surface area (Å²) >= 11 is 4.71. The number of benzene rings is 1. The Labute approximate surface area is 156 Å². The number of carbonyl (C=O) groups is 2. The number of ether oxygens (including phenoxy) is 1. The molecule has 2 aliphatic heterocycles. The molecule has 4 unspecified atom stereocenters. The fraction of sp³-hybridized carbons (Fsp3) is 0.353. The molecule has 2 saturated heterocycles. The molecule has 0 saturated carbocycles. The fourth-order valence-electron chi connectivity index (χ4n) is 3.60. The number of fused-ring (bicyclic) bond motifs is 2. The molecule has 2 aromatic rings. The van der Waals surface area contributed by atoms with Gasteiger partial charge in [0.15, 0.2) is 5.13 Å². The van der Waals surface area contributed by atoms with Crippen LogP contribution in [0.25, 0.3) is 11.3 Å². The minimum atomic E-state index is -0.970. The highest BCUT2D eigenvalue weighted by molar-refractivity contribution is 9.10. The third-order valence-corrected chi connectivity index (χ3v) is 6.02. The Hall–Kier alpha value is -1.77. The molecule has 130 valence electrons. The smallest absolute Gasteiger partial charge is 0.310 e. The summed E-state index contributed by atoms with van der Waals surface area (Å²) in [4.78, 5) is 28.6. The van der Waals surface area contributed by atoms with Crippen LogP contribution in [0.1, 0.15) is 12.8 Å². The Morgan fingerprint density at radius 2 is 1.88 bits per heavy atom. The van der Waals surface area contributed by atoms with Crippen molar-refractivity contribution < 1.29 is 19.4 Å². The highest BCUT2D eigenvalue weighted by atomic mass is 79.9. The lowest BCUT2D eigenvalue weighted by Gasteiger charge is -2.23. The van der Waals surface area contributed by atoms with E-state index in [9.17, 15) is 14.7 Å². The molecule has 4 rings (SSSR count). The van der Waals surface area contributed by atoms with Crippen molar-refractivity contribution in [2.75, 3.05) is 5.32 Å². The Morgan fingerprint density at radius 1 is 1.20 bits per heavy atom. The van der Waals surface area contributed by atoms with E-state index in [1.165, 1.54) is 11.3 Å². The molecule has 3 heterocycles. The van der Waals surface area contributed by atoms with E-state index in [1.807, 2.05) is 29.6 Å². The molecule has 4 atom stereocenters. The summed E-state index contributed by atoms with van der Waals surface area (Å²) < 4.78 is 6.62. The third kappa shape index (κ3) is 3.09. The van der Waals surface area contributed by atoms with Gasteiger partial charge in [0, 0.05) is 15.4 Å². The second-order valence-corrected chi connectivity index (χ2v) is 7.99. The van der Waals surface area contributed by atoms with Gasteiger partial charge < -0.3 is 15.2 Å². The van der Waals surface area contributed by atoms with Gasteiger partial charge >= 0.3 is 5.97 Å². The van der Waals surface area contributed by atoms with Crippen molar-refractivity contribution in [1.82, 2.24) is 4.98 Å². The minimum Gasteiger partial charge on any atom is -0.481 e. The van der Waals surface area contributed by atoms with E-state index in [1.54, 1.807) is 0 Å². The first-order chi connectivity index (χ1) is 12.0. The lowest BCUT2D eigenvalue weighted by molar-refractivity contribution is -0.147. The Kier molecular flexibility index (Phi) is 4.35. The predicted molar refractivity (Wildman–Crippen MR) is 96.4 cm³/mol. The molecule has 0 aliphatic carbocycles. The van der Waals surface area contributed by atoms with Gasteiger partial charge in [0.05, 0.1) is 29.7 Å². The predicted octanol–water partition coefficient (Wildman–Crippen LogP) is 3.39. The van der Waals surface area contributed by atoms with Crippen molar-refractivity contribution in [2.24, 2.45) is 11.8 Å². The number of halogens is 1. The van der Waals surface area contributed by atoms with Crippen LogP contribution in [0.3, 0.4) is 0 Å². The summed E-state index contributed by atoms with van der Waals surface area (Å²) in [5.74, 6) is -2.72. The number of thiazole rings is 1. The average molecular weight is 423 g/mol. The van der Waals surface area contributed by atoms with Gasteiger partial charge in [-0.3, -0.25) is 9.59 Å². The molecule has 0 spiro atoms. The van der Waals surface area contributed by atoms with E-state index in [0.717, 1.165) is 22.2 Å². The van der Waals surface area contributed by atoms with E-state index in [2.05, 4.69) is 26.2 Å². The van der Waals surface area contributed by atoms with Crippen molar-refractivity contribution in [3.8, 4) is 11.3 Å². The number of aromatic nitrogens is 1. The summed E-state index contributed by atoms with van der Waals surface area (Å²) in [6.07, 6.45) is 0.773. The molecular formula is C17H15BrN2O4S. The molecule has 2 fully saturated rings. The molecule has 25 heavy (non-hydrogen) atoms. The van der Waals surface area contributed by atoms with Crippen molar-refractivity contribution in [2.45, 2.75) is 25.0 Å². The van der Waals surface area contributed by atoms with Crippen LogP contribution in [0.15, 0.2) is 34.1 Å². The monoisotopic (exact) mass is 422 g/mol. The standard InChI is InChI=1S/C17H15BrN2O4S/c18-9-3-1-8(2-4-9)10-7-25-17(19-10)20-15(21)13-11-5-6-12(24-11)14(13)16(22)23/h1-4,7,11-14H,5-6H2,(H,22,23)(H,19,20,21). The quantitative estimate of drug-likeness (QED) is 0.787. The van der Waals surface area contributed by atoms with Gasteiger partial charge in [-0.2, -0.15) is 0 Å². The summed E-state index contributed by atoms with van der Waals surface area (Å²) in [5, 5.41) is 14.5. The summed E-state index contributed by atoms with van der Waals surface area (Å²) in [5.41, 5.74) is 1.72. The zero-order chi connectivity index (χ0) is 17.6. The molecular weight excluding hydrogens is 408 g/mol. The van der Waals surface area contributed by atoms with Crippen molar-refractivity contribution in [3.05, 3.63) is 34.1 Å². The van der Waals surface area contributed by atoms with E-state index < -0.39 is 17.8 Å². The van der Waals surface area contributed by atoms with Crippen LogP contribution >= 0.6 is 27.3 Å². The number of carbonyl (C=O) groups excluding carboxylic acids is 1. The van der Waals surface area contributed by atoms with E-state index >= 15 is 0 Å². The number of nitrogens with zero attached hydrogens (tertiary/aromatic N) is 1. The third-order valence-electron chi connectivity index (χ3n) is 4.74. The lowest BCUT2D eigenvalue weighted by Crippen LogP contribution is -2.40. The Morgan fingerprint density at radius 3 is 2.56 bits per heavy atom. The second-order valence-electron chi connectivity index (χ2n) is 6.21. The van der Waals surface area contributed by atoms with Crippen molar-refractivity contribution in [3.63, 3.8) is 0 Å². The van der Waals surface area contributed by atoms with Gasteiger partial charge in [-0.25, -0.2) is 4.98 Å². The number of nitrogens with one attached hydrogen (secondary N) is 1. The number of carboxylic acid groups (broad SMARTS) is 1. The Bertz CT molecular complexity index is 822. The first kappa shape index (κ1) is 16.7. The van der Waals surface area contributed by atoms with E-state index in [-0.39, 0.29) is 18.1 Å². The lowest BCUT2D eigenvalue weighted by atomic mass is 9.79. The zero-order valence-corrected chi connectivity index (χ0v) is 15.4. The van der Waals surface area contributed by atoms with Crippen LogP contribution in [0.5, 0.6) is 0 Å². The molecule has 1 amide bonds. The fourth-order valence-corrected chi connectivity index (χ4v) is 4.58. The summed E-state index contributed by atoms with van der Waals surface area (Å²) in [6, 6.07) is 7.73. The number of rotatable bonds is 4. The number of amides is 1. The normalized spacial score (nSPS) is 27.4. The van der Waals surface area contributed by atoms with Gasteiger partial charge in [0.25, 0.3) is 0 Å². The van der Waals surface area contributed by atoms with Gasteiger partial charge in [0.1, 0.15) is 0 Å². The van der Waals surface area contributed by atoms with Gasteiger partial charge in [-0.05, 0) is 25.0 Å². The zero-order valence-electron chi connectivity index (χ0n) is 13.0. The number of anilines is 1. The van der Waals surface area contributed by atoms with Crippen LogP contribution in [-0.4, -0.2) is 34.2 Å². The highest BCUT2D eigenvalue weighted by Crippen LogP contribution is 2.44. The summed E-state index contributed by atoms with van der Waals surface area (Å²) in [6.45, 7) is 0. The van der Waals surface area contributed by atoms with Gasteiger partial charge in [-0.1, -0.05) is 28.1 Å². The first-order valence-corrected chi connectivity index (χ1v) is 9.61. The topological polar surface area (TPSA) is 88.5 Å². The molecule has 2 aliphatic rings. The first-order valence-electron chi connectivity index (χ1n) is 7.93. The van der Waals surface area contributed by atoms with E-state index in [4.69, 9.17) is 4.74 Å². The summed E-state index contributed by atoms with van der Waals surface area (Å²) in [7, 11) is 0. The molecule has 1 aromatic heterocycles. The van der Waals surface area contributed by atoms with Crippen LogP contribution in [0.2, 0.25) is 0 Å². The van der Waals surface area contributed by atoms with Crippen molar-refractivity contribution in [1.29, 1.82) is 0 Å². The molecule has 2 bridgehead atoms. The SMILES string of the molecule is O=C(O)C1C2CCC(O2)C1C(=O)Nc1nc(-c2ccc(Br)cc2)cs1. The Balaban J connectivity index is 1.50. The van der Waals surface area contributed by atoms with Gasteiger partial charge in [0.2, 0.25) is 5.91 Å². The maximum Gasteiger partial charge on any atom is 0.310 e. The molecule has 2 N–H and O–H groups in total. The highest BCUT2D eigenvalue weighted by Gasteiger charge is 2.55. The van der Waals surface area contributed by atoms with Crippen LogP contribution < -0.4 is 5.32 Å². The minimum absolute atomic E-state index is 0.308. The molecule has 8 heteroatoms. The largest absolute Gasteiger partial charge is 0.481 e. The second kappa shape index (κ2) is 6.51. The molecule has 6 nitrogen and oxygen atoms in total. The van der Waals surface area contributed by atoms with Crippen molar-refractivity contribution >= 4 is 44.3 Å². The number of carboxylic acids is 1. The molecule has 0 radical (unpaired) electrons. The maximum atomic E-state index is 12.6. The molecule has 1 aromatic carbocycles. The van der Waals surface area contributed by atoms with E-state index in [0.29, 0.717) is 11.6 Å². The maximum absolute atomic E-state index is 12.6. The van der Waals surface area contributed by atoms with Crippen LogP contribution in [-0.2, 0) is 14.3 Å². The van der Waals surface area contributed by atoms with Crippen LogP contribution in [0, 0.1) is 11.8 Å². The number of hydrogen-bond acceptors (Lipinski definition) is 5. The van der Waals surface area contributed by atoms with Crippen LogP contribution in [0.4, 0.5) is 5.13 Å². The van der Waals surface area contributed by atoms with Gasteiger partial charge in [-0.15, -0.1) is 11.3 Å². The average Bonchev–Trinajstić information content (AvgIpc) is 3.30.